The second kappa shape index (κ2) is 6.39. The molecule has 0 saturated carbocycles. The number of rotatable bonds is 4. The van der Waals surface area contributed by atoms with E-state index in [-0.39, 0.29) is 5.91 Å². The maximum Gasteiger partial charge on any atom is 0.265 e. The van der Waals surface area contributed by atoms with Crippen molar-refractivity contribution in [3.63, 3.8) is 0 Å². The van der Waals surface area contributed by atoms with Gasteiger partial charge in [0, 0.05) is 5.69 Å². The maximum absolute atomic E-state index is 13.1. The predicted octanol–water partition coefficient (Wildman–Crippen LogP) is 3.85. The first-order chi connectivity index (χ1) is 9.97. The van der Waals surface area contributed by atoms with Crippen molar-refractivity contribution in [2.24, 2.45) is 0 Å². The number of benzene rings is 2. The van der Waals surface area contributed by atoms with Gasteiger partial charge in [-0.15, -0.1) is 0 Å². The number of ether oxygens (including phenoxy) is 1. The summed E-state index contributed by atoms with van der Waals surface area (Å²) >= 11 is 0. The monoisotopic (exact) mass is 287 g/mol. The van der Waals surface area contributed by atoms with Crippen LogP contribution in [0.25, 0.3) is 0 Å². The SMILES string of the molecule is Cc1cccc(C)c1OC(C)C(=O)Nc1cccc(F)c1. The molecule has 3 nitrogen and oxygen atoms in total. The average molecular weight is 287 g/mol. The molecule has 0 saturated heterocycles. The van der Waals surface area contributed by atoms with Crippen LogP contribution in [0.1, 0.15) is 18.1 Å². The van der Waals surface area contributed by atoms with Crippen molar-refractivity contribution in [2.45, 2.75) is 26.9 Å². The molecular formula is C17H18FNO2. The summed E-state index contributed by atoms with van der Waals surface area (Å²) in [4.78, 5) is 12.1. The molecule has 110 valence electrons. The first-order valence-electron chi connectivity index (χ1n) is 6.76. The summed E-state index contributed by atoms with van der Waals surface area (Å²) in [6.45, 7) is 5.53. The van der Waals surface area contributed by atoms with Gasteiger partial charge in [-0.1, -0.05) is 24.3 Å². The molecule has 1 unspecified atom stereocenters. The van der Waals surface area contributed by atoms with Crippen molar-refractivity contribution in [2.75, 3.05) is 5.32 Å². The van der Waals surface area contributed by atoms with Crippen LogP contribution in [0.5, 0.6) is 5.75 Å². The quantitative estimate of drug-likeness (QED) is 0.927. The van der Waals surface area contributed by atoms with Crippen molar-refractivity contribution in [3.05, 3.63) is 59.4 Å². The van der Waals surface area contributed by atoms with Crippen molar-refractivity contribution < 1.29 is 13.9 Å². The van der Waals surface area contributed by atoms with Gasteiger partial charge >= 0.3 is 0 Å². The number of carbonyl (C=O) groups is 1. The van der Waals surface area contributed by atoms with E-state index in [0.29, 0.717) is 11.4 Å². The third-order valence-electron chi connectivity index (χ3n) is 3.16. The molecule has 21 heavy (non-hydrogen) atoms. The Morgan fingerprint density at radius 2 is 1.76 bits per heavy atom. The minimum Gasteiger partial charge on any atom is -0.480 e. The molecule has 0 radical (unpaired) electrons. The van der Waals surface area contributed by atoms with Crippen LogP contribution in [0, 0.1) is 19.7 Å². The molecule has 2 rings (SSSR count). The van der Waals surface area contributed by atoms with Gasteiger partial charge in [0.05, 0.1) is 0 Å². The maximum atomic E-state index is 13.1. The molecule has 0 heterocycles. The average Bonchev–Trinajstić information content (AvgIpc) is 2.43. The molecule has 2 aromatic rings. The fourth-order valence-corrected chi connectivity index (χ4v) is 2.03. The molecule has 0 spiro atoms. The molecule has 0 fully saturated rings. The fraction of sp³-hybridized carbons (Fsp3) is 0.235. The zero-order chi connectivity index (χ0) is 15.4. The van der Waals surface area contributed by atoms with Gasteiger partial charge < -0.3 is 10.1 Å². The third kappa shape index (κ3) is 3.81. The zero-order valence-corrected chi connectivity index (χ0v) is 12.3. The van der Waals surface area contributed by atoms with E-state index in [9.17, 15) is 9.18 Å². The summed E-state index contributed by atoms with van der Waals surface area (Å²) in [7, 11) is 0. The second-order valence-electron chi connectivity index (χ2n) is 4.98. The van der Waals surface area contributed by atoms with Gasteiger partial charge in [-0.2, -0.15) is 0 Å². The molecule has 0 aliphatic heterocycles. The lowest BCUT2D eigenvalue weighted by atomic mass is 10.1. The van der Waals surface area contributed by atoms with E-state index in [1.807, 2.05) is 32.0 Å². The van der Waals surface area contributed by atoms with Crippen molar-refractivity contribution >= 4 is 11.6 Å². The Labute approximate surface area is 123 Å². The van der Waals surface area contributed by atoms with Gasteiger partial charge in [0.25, 0.3) is 5.91 Å². The van der Waals surface area contributed by atoms with Gasteiger partial charge in [-0.25, -0.2) is 4.39 Å². The van der Waals surface area contributed by atoms with Gasteiger partial charge in [0.15, 0.2) is 6.10 Å². The first-order valence-corrected chi connectivity index (χ1v) is 6.76. The van der Waals surface area contributed by atoms with Gasteiger partial charge in [0.1, 0.15) is 11.6 Å². The number of hydrogen-bond donors (Lipinski definition) is 1. The summed E-state index contributed by atoms with van der Waals surface area (Å²) in [5.74, 6) is -0.00114. The summed E-state index contributed by atoms with van der Waals surface area (Å²) in [5.41, 5.74) is 2.36. The number of carbonyl (C=O) groups excluding carboxylic acids is 1. The molecule has 0 aliphatic carbocycles. The minimum absolute atomic E-state index is 0.316. The largest absolute Gasteiger partial charge is 0.480 e. The molecular weight excluding hydrogens is 269 g/mol. The Balaban J connectivity index is 2.06. The molecule has 2 aromatic carbocycles. The summed E-state index contributed by atoms with van der Waals surface area (Å²) in [5, 5.41) is 2.64. The highest BCUT2D eigenvalue weighted by molar-refractivity contribution is 5.94. The van der Waals surface area contributed by atoms with Crippen LogP contribution in [0.2, 0.25) is 0 Å². The highest BCUT2D eigenvalue weighted by Gasteiger charge is 2.17. The van der Waals surface area contributed by atoms with Crippen LogP contribution in [-0.2, 0) is 4.79 Å². The lowest BCUT2D eigenvalue weighted by Crippen LogP contribution is -2.30. The van der Waals surface area contributed by atoms with Crippen molar-refractivity contribution in [1.29, 1.82) is 0 Å². The van der Waals surface area contributed by atoms with Crippen LogP contribution in [0.3, 0.4) is 0 Å². The van der Waals surface area contributed by atoms with Crippen LogP contribution < -0.4 is 10.1 Å². The third-order valence-corrected chi connectivity index (χ3v) is 3.16. The summed E-state index contributed by atoms with van der Waals surface area (Å²) < 4.78 is 18.8. The Hall–Kier alpha value is -2.36. The Bertz CT molecular complexity index is 635. The smallest absolute Gasteiger partial charge is 0.265 e. The van der Waals surface area contributed by atoms with Gasteiger partial charge in [-0.3, -0.25) is 4.79 Å². The van der Waals surface area contributed by atoms with Crippen LogP contribution in [-0.4, -0.2) is 12.0 Å². The summed E-state index contributed by atoms with van der Waals surface area (Å²) in [6.07, 6.45) is -0.673. The van der Waals surface area contributed by atoms with Crippen LogP contribution >= 0.6 is 0 Å². The van der Waals surface area contributed by atoms with E-state index in [2.05, 4.69) is 5.32 Å². The number of hydrogen-bond acceptors (Lipinski definition) is 2. The van der Waals surface area contributed by atoms with Crippen LogP contribution in [0.15, 0.2) is 42.5 Å². The second-order valence-corrected chi connectivity index (χ2v) is 4.98. The van der Waals surface area contributed by atoms with Crippen molar-refractivity contribution in [3.8, 4) is 5.75 Å². The van der Waals surface area contributed by atoms with Crippen molar-refractivity contribution in [1.82, 2.24) is 0 Å². The summed E-state index contributed by atoms with van der Waals surface area (Å²) in [6, 6.07) is 11.6. The van der Waals surface area contributed by atoms with Crippen LogP contribution in [0.4, 0.5) is 10.1 Å². The molecule has 1 amide bonds. The Morgan fingerprint density at radius 3 is 2.38 bits per heavy atom. The topological polar surface area (TPSA) is 38.3 Å². The minimum atomic E-state index is -0.673. The standard InChI is InChI=1S/C17H18FNO2/c1-11-6-4-7-12(2)16(11)21-13(3)17(20)19-15-9-5-8-14(18)10-15/h4-10,13H,1-3H3,(H,19,20). The highest BCUT2D eigenvalue weighted by Crippen LogP contribution is 2.23. The molecule has 0 aliphatic rings. The molecule has 0 aromatic heterocycles. The predicted molar refractivity (Wildman–Crippen MR) is 81.0 cm³/mol. The number of aryl methyl sites for hydroxylation is 2. The van der Waals surface area contributed by atoms with Gasteiger partial charge in [0.2, 0.25) is 0 Å². The molecule has 1 N–H and O–H groups in total. The fourth-order valence-electron chi connectivity index (χ4n) is 2.03. The number of anilines is 1. The van der Waals surface area contributed by atoms with E-state index in [4.69, 9.17) is 4.74 Å². The number of para-hydroxylation sites is 1. The van der Waals surface area contributed by atoms with E-state index < -0.39 is 11.9 Å². The zero-order valence-electron chi connectivity index (χ0n) is 12.3. The molecule has 1 atom stereocenters. The van der Waals surface area contributed by atoms with Gasteiger partial charge in [-0.05, 0) is 50.1 Å². The highest BCUT2D eigenvalue weighted by atomic mass is 19.1. The first kappa shape index (κ1) is 15.0. The number of amides is 1. The number of halogens is 1. The molecule has 0 bridgehead atoms. The lowest BCUT2D eigenvalue weighted by molar-refractivity contribution is -0.122. The Kier molecular flexibility index (Phi) is 4.58. The van der Waals surface area contributed by atoms with E-state index in [0.717, 1.165) is 11.1 Å². The molecule has 4 heteroatoms. The lowest BCUT2D eigenvalue weighted by Gasteiger charge is -2.18. The number of nitrogens with one attached hydrogen (secondary N) is 1. The Morgan fingerprint density at radius 1 is 1.14 bits per heavy atom. The normalized spacial score (nSPS) is 11.8. The van der Waals surface area contributed by atoms with E-state index in [1.165, 1.54) is 12.1 Å². The van der Waals surface area contributed by atoms with E-state index >= 15 is 0 Å². The van der Waals surface area contributed by atoms with E-state index in [1.54, 1.807) is 19.1 Å².